The maximum Gasteiger partial charge on any atom is 0.408 e. The van der Waals surface area contributed by atoms with E-state index < -0.39 is 50.7 Å². The number of rotatable bonds is 19. The Hall–Kier alpha value is -6.55. The van der Waals surface area contributed by atoms with E-state index in [0.717, 1.165) is 20.5 Å². The SMILES string of the molecule is CO[C@@H](C)c1ncccc1-c1c(CC(C)(C)CO[Si](c2ccccc2)(c2ccccc2)C(C)(C)C)c2cc(-c3coc(CC(NC(=O)OCc4ccccc4)C(=O)O)n3)ccc2n1C(F)C(F)F. The Morgan fingerprint density at radius 1 is 0.868 bits per heavy atom. The highest BCUT2D eigenvalue weighted by Crippen LogP contribution is 2.45. The van der Waals surface area contributed by atoms with Crippen molar-refractivity contribution in [1.29, 1.82) is 0 Å². The van der Waals surface area contributed by atoms with E-state index in [1.807, 2.05) is 42.5 Å². The number of amides is 1. The number of fused-ring (bicyclic) bond motifs is 1. The minimum Gasteiger partial charge on any atom is -0.480 e. The van der Waals surface area contributed by atoms with Gasteiger partial charge >= 0.3 is 12.1 Å². The van der Waals surface area contributed by atoms with Crippen LogP contribution in [-0.2, 0) is 38.1 Å². The number of carbonyl (C=O) groups is 2. The van der Waals surface area contributed by atoms with Crippen LogP contribution in [0.2, 0.25) is 5.04 Å². The molecule has 0 aliphatic carbocycles. The minimum absolute atomic E-state index is 0.00558. The van der Waals surface area contributed by atoms with E-state index in [1.165, 1.54) is 13.4 Å². The third-order valence-corrected chi connectivity index (χ3v) is 17.2. The molecule has 0 aliphatic rings. The number of aromatic nitrogens is 3. The highest BCUT2D eigenvalue weighted by Gasteiger charge is 2.51. The Morgan fingerprint density at radius 2 is 1.50 bits per heavy atom. The fourth-order valence-electron chi connectivity index (χ4n) is 8.85. The van der Waals surface area contributed by atoms with E-state index >= 15 is 4.39 Å². The number of carboxylic acid groups (broad SMARTS) is 1. The average molecular weight is 947 g/mol. The summed E-state index contributed by atoms with van der Waals surface area (Å²) in [5.41, 5.74) is 2.71. The number of nitrogens with one attached hydrogen (secondary N) is 1. The van der Waals surface area contributed by atoms with Gasteiger partial charge in [0.15, 0.2) is 5.89 Å². The van der Waals surface area contributed by atoms with Gasteiger partial charge in [-0.25, -0.2) is 27.7 Å². The molecule has 3 atom stereocenters. The molecule has 356 valence electrons. The van der Waals surface area contributed by atoms with Crippen molar-refractivity contribution in [3.05, 3.63) is 156 Å². The van der Waals surface area contributed by atoms with Gasteiger partial charge in [-0.2, -0.15) is 0 Å². The lowest BCUT2D eigenvalue weighted by Gasteiger charge is -2.44. The number of methoxy groups -OCH3 is 1. The molecule has 0 fully saturated rings. The molecular weight excluding hydrogens is 890 g/mol. The summed E-state index contributed by atoms with van der Waals surface area (Å²) >= 11 is 0. The molecule has 7 rings (SSSR count). The lowest BCUT2D eigenvalue weighted by atomic mass is 9.84. The maximum absolute atomic E-state index is 16.5. The summed E-state index contributed by atoms with van der Waals surface area (Å²) in [5.74, 6) is -1.33. The Bertz CT molecular complexity index is 2780. The van der Waals surface area contributed by atoms with E-state index in [9.17, 15) is 23.5 Å². The quantitative estimate of drug-likeness (QED) is 0.0759. The van der Waals surface area contributed by atoms with Crippen molar-refractivity contribution in [2.24, 2.45) is 5.41 Å². The van der Waals surface area contributed by atoms with Gasteiger partial charge in [0.25, 0.3) is 14.7 Å². The first-order chi connectivity index (χ1) is 32.4. The molecule has 0 saturated heterocycles. The number of nitrogens with zero attached hydrogens (tertiary/aromatic N) is 3. The van der Waals surface area contributed by atoms with Crippen LogP contribution < -0.4 is 15.7 Å². The Morgan fingerprint density at radius 3 is 2.09 bits per heavy atom. The van der Waals surface area contributed by atoms with Gasteiger partial charge in [-0.15, -0.1) is 0 Å². The van der Waals surface area contributed by atoms with Crippen LogP contribution in [0.1, 0.15) is 76.7 Å². The highest BCUT2D eigenvalue weighted by atomic mass is 28.4. The Kier molecular flexibility index (Phi) is 15.1. The smallest absolute Gasteiger partial charge is 0.408 e. The Balaban J connectivity index is 1.31. The second-order valence-electron chi connectivity index (χ2n) is 18.7. The van der Waals surface area contributed by atoms with E-state index in [2.05, 4.69) is 74.2 Å². The van der Waals surface area contributed by atoms with Gasteiger partial charge in [-0.05, 0) is 69.6 Å². The lowest BCUT2D eigenvalue weighted by molar-refractivity contribution is -0.139. The largest absolute Gasteiger partial charge is 0.480 e. The van der Waals surface area contributed by atoms with Crippen molar-refractivity contribution in [2.45, 2.75) is 90.9 Å². The molecule has 2 unspecified atom stereocenters. The summed E-state index contributed by atoms with van der Waals surface area (Å²) in [6.07, 6.45) is -4.78. The third kappa shape index (κ3) is 10.6. The zero-order valence-corrected chi connectivity index (χ0v) is 40.2. The van der Waals surface area contributed by atoms with E-state index in [-0.39, 0.29) is 48.2 Å². The summed E-state index contributed by atoms with van der Waals surface area (Å²) in [6.45, 7) is 12.7. The van der Waals surface area contributed by atoms with Gasteiger partial charge in [0.05, 0.1) is 29.4 Å². The molecule has 68 heavy (non-hydrogen) atoms. The first-order valence-electron chi connectivity index (χ1n) is 22.4. The van der Waals surface area contributed by atoms with Gasteiger partial charge in [0.2, 0.25) is 6.30 Å². The van der Waals surface area contributed by atoms with Crippen molar-refractivity contribution < 1.29 is 46.2 Å². The van der Waals surface area contributed by atoms with Crippen molar-refractivity contribution in [3.63, 3.8) is 0 Å². The number of alkyl carbamates (subject to hydrolysis) is 1. The van der Waals surface area contributed by atoms with Crippen molar-refractivity contribution in [2.75, 3.05) is 13.7 Å². The number of pyridine rings is 1. The molecular formula is C53H57F3N4O7Si. The van der Waals surface area contributed by atoms with Crippen LogP contribution in [0.25, 0.3) is 33.4 Å². The second kappa shape index (κ2) is 20.8. The molecule has 0 bridgehead atoms. The first kappa shape index (κ1) is 49.4. The zero-order valence-electron chi connectivity index (χ0n) is 39.2. The molecule has 7 aromatic rings. The van der Waals surface area contributed by atoms with Crippen molar-refractivity contribution in [1.82, 2.24) is 19.9 Å². The summed E-state index contributed by atoms with van der Waals surface area (Å²) in [7, 11) is -1.52. The van der Waals surface area contributed by atoms with E-state index in [0.29, 0.717) is 33.5 Å². The van der Waals surface area contributed by atoms with Crippen molar-refractivity contribution >= 4 is 41.7 Å². The van der Waals surface area contributed by atoms with Crippen LogP contribution in [0.5, 0.6) is 0 Å². The van der Waals surface area contributed by atoms with E-state index in [4.69, 9.17) is 18.3 Å². The van der Waals surface area contributed by atoms with Gasteiger partial charge < -0.3 is 33.3 Å². The second-order valence-corrected chi connectivity index (χ2v) is 23.0. The summed E-state index contributed by atoms with van der Waals surface area (Å²) in [6, 6.07) is 36.4. The van der Waals surface area contributed by atoms with Crippen molar-refractivity contribution in [3.8, 4) is 22.5 Å². The highest BCUT2D eigenvalue weighted by molar-refractivity contribution is 6.99. The topological polar surface area (TPSA) is 138 Å². The number of alkyl halides is 3. The van der Waals surface area contributed by atoms with Gasteiger partial charge in [0, 0.05) is 36.4 Å². The number of carboxylic acids is 1. The number of carbonyl (C=O) groups excluding carboxylic acids is 1. The monoisotopic (exact) mass is 946 g/mol. The number of halogens is 3. The molecule has 1 amide bonds. The van der Waals surface area contributed by atoms with Crippen LogP contribution >= 0.6 is 0 Å². The third-order valence-electron chi connectivity index (χ3n) is 12.2. The molecule has 0 spiro atoms. The van der Waals surface area contributed by atoms with Crippen LogP contribution in [-0.4, -0.2) is 66.2 Å². The number of benzene rings is 4. The zero-order chi connectivity index (χ0) is 48.8. The molecule has 0 aliphatic heterocycles. The van der Waals surface area contributed by atoms with Gasteiger partial charge in [-0.3, -0.25) is 4.98 Å². The predicted octanol–water partition coefficient (Wildman–Crippen LogP) is 10.9. The molecule has 2 N–H and O–H groups in total. The Labute approximate surface area is 395 Å². The summed E-state index contributed by atoms with van der Waals surface area (Å²) < 4.78 is 71.4. The number of hydrogen-bond donors (Lipinski definition) is 2. The van der Waals surface area contributed by atoms with Crippen LogP contribution in [0.3, 0.4) is 0 Å². The van der Waals surface area contributed by atoms with Gasteiger partial charge in [0.1, 0.15) is 24.6 Å². The molecule has 0 saturated carbocycles. The summed E-state index contributed by atoms with van der Waals surface area (Å²) in [4.78, 5) is 34.1. The number of aliphatic carboxylic acids is 1. The minimum atomic E-state index is -3.38. The van der Waals surface area contributed by atoms with Crippen LogP contribution in [0.4, 0.5) is 18.0 Å². The normalized spacial score (nSPS) is 13.6. The summed E-state index contributed by atoms with van der Waals surface area (Å²) in [5, 5.41) is 14.7. The standard InChI is InChI=1S/C53H57F3N4O7Si/c1-34(64-7)46-39(24-17-27-57-46)47-41(30-53(5,6)33-67-68(52(2,3)4,37-20-13-9-14-21-37)38-22-15-10-16-23-38)40-28-36(25-26-44(40)60(47)49(56)48(54)55)43-32-65-45(58-43)29-42(50(61)62)59-51(63)66-31-35-18-11-8-12-19-35/h8-28,32,34,42,48-49H,29-31,33H2,1-7H3,(H,59,63)(H,61,62)/t34-,42?,49?/m0/s1. The van der Waals surface area contributed by atoms with Crippen LogP contribution in [0.15, 0.2) is 138 Å². The first-order valence-corrected chi connectivity index (χ1v) is 24.3. The number of ether oxygens (including phenoxy) is 2. The lowest BCUT2D eigenvalue weighted by Crippen LogP contribution is -2.67. The van der Waals surface area contributed by atoms with Crippen LogP contribution in [0, 0.1) is 5.41 Å². The molecule has 3 aromatic heterocycles. The molecule has 15 heteroatoms. The van der Waals surface area contributed by atoms with Gasteiger partial charge in [-0.1, -0.05) is 132 Å². The van der Waals surface area contributed by atoms with E-state index in [1.54, 1.807) is 67.7 Å². The molecule has 3 heterocycles. The number of oxazole rings is 1. The fourth-order valence-corrected chi connectivity index (χ4v) is 13.6. The molecule has 4 aromatic carbocycles. The number of hydrogen-bond acceptors (Lipinski definition) is 8. The molecule has 0 radical (unpaired) electrons. The average Bonchev–Trinajstić information content (AvgIpc) is 3.92. The fraction of sp³-hybridized carbons (Fsp3) is 0.321. The maximum atomic E-state index is 16.5. The predicted molar refractivity (Wildman–Crippen MR) is 258 cm³/mol. The molecule has 11 nitrogen and oxygen atoms in total.